The molecule has 1 rings (SSSR count). The predicted molar refractivity (Wildman–Crippen MR) is 83.7 cm³/mol. The van der Waals surface area contributed by atoms with Gasteiger partial charge in [0.1, 0.15) is 0 Å². The van der Waals surface area contributed by atoms with E-state index in [4.69, 9.17) is 0 Å². The molecule has 3 N–H and O–H groups in total. The molecule has 5 nitrogen and oxygen atoms in total. The maximum atomic E-state index is 11.9. The fourth-order valence-corrected chi connectivity index (χ4v) is 2.24. The van der Waals surface area contributed by atoms with Gasteiger partial charge in [0.25, 0.3) is 0 Å². The van der Waals surface area contributed by atoms with Gasteiger partial charge in [-0.2, -0.15) is 0 Å². The third-order valence-corrected chi connectivity index (χ3v) is 3.18. The molecule has 0 aliphatic carbocycles. The normalized spacial score (nSPS) is 12.1. The van der Waals surface area contributed by atoms with Gasteiger partial charge in [-0.3, -0.25) is 4.79 Å². The van der Waals surface area contributed by atoms with Crippen molar-refractivity contribution in [1.29, 1.82) is 0 Å². The molecular weight excluding hydrogens is 268 g/mol. The standard InChI is InChI=1S/C16H24N2O3/c1-10(2)7-14(9-19)18-16(21)17-13-5-6-15(12(4)20)11(3)8-13/h5-6,8,10,14,19H,7,9H2,1-4H3,(H2,17,18,21). The highest BCUT2D eigenvalue weighted by Gasteiger charge is 2.13. The van der Waals surface area contributed by atoms with Crippen LogP contribution in [0.2, 0.25) is 0 Å². The molecule has 21 heavy (non-hydrogen) atoms. The number of ketones is 1. The summed E-state index contributed by atoms with van der Waals surface area (Å²) in [5, 5.41) is 14.7. The second-order valence-electron chi connectivity index (χ2n) is 5.69. The summed E-state index contributed by atoms with van der Waals surface area (Å²) >= 11 is 0. The van der Waals surface area contributed by atoms with Crippen LogP contribution in [0.25, 0.3) is 0 Å². The van der Waals surface area contributed by atoms with Crippen LogP contribution in [-0.2, 0) is 0 Å². The van der Waals surface area contributed by atoms with Gasteiger partial charge in [-0.25, -0.2) is 4.79 Å². The van der Waals surface area contributed by atoms with Gasteiger partial charge in [-0.05, 0) is 49.9 Å². The molecule has 0 radical (unpaired) electrons. The van der Waals surface area contributed by atoms with Crippen molar-refractivity contribution in [2.75, 3.05) is 11.9 Å². The number of carbonyl (C=O) groups is 2. The van der Waals surface area contributed by atoms with Crippen LogP contribution in [0.5, 0.6) is 0 Å². The number of aliphatic hydroxyl groups is 1. The summed E-state index contributed by atoms with van der Waals surface area (Å²) in [6.45, 7) is 7.32. The number of amides is 2. The van der Waals surface area contributed by atoms with Crippen molar-refractivity contribution in [3.05, 3.63) is 29.3 Å². The van der Waals surface area contributed by atoms with Gasteiger partial charge in [-0.1, -0.05) is 13.8 Å². The van der Waals surface area contributed by atoms with Crippen molar-refractivity contribution in [3.63, 3.8) is 0 Å². The molecular formula is C16H24N2O3. The first-order chi connectivity index (χ1) is 9.83. The van der Waals surface area contributed by atoms with Gasteiger partial charge >= 0.3 is 6.03 Å². The molecule has 0 fully saturated rings. The molecule has 0 aliphatic rings. The van der Waals surface area contributed by atoms with E-state index in [1.165, 1.54) is 6.92 Å². The van der Waals surface area contributed by atoms with E-state index >= 15 is 0 Å². The van der Waals surface area contributed by atoms with Crippen molar-refractivity contribution >= 4 is 17.5 Å². The number of aliphatic hydroxyl groups excluding tert-OH is 1. The number of benzene rings is 1. The maximum absolute atomic E-state index is 11.9. The third-order valence-electron chi connectivity index (χ3n) is 3.18. The van der Waals surface area contributed by atoms with Crippen LogP contribution in [0.3, 0.4) is 0 Å². The van der Waals surface area contributed by atoms with E-state index in [1.807, 2.05) is 20.8 Å². The first-order valence-corrected chi connectivity index (χ1v) is 7.13. The Kier molecular flexibility index (Phi) is 6.37. The Balaban J connectivity index is 2.66. The zero-order valence-electron chi connectivity index (χ0n) is 13.1. The summed E-state index contributed by atoms with van der Waals surface area (Å²) in [4.78, 5) is 23.3. The first-order valence-electron chi connectivity index (χ1n) is 7.13. The fraction of sp³-hybridized carbons (Fsp3) is 0.500. The molecule has 1 aromatic carbocycles. The van der Waals surface area contributed by atoms with E-state index in [-0.39, 0.29) is 24.5 Å². The average molecular weight is 292 g/mol. The summed E-state index contributed by atoms with van der Waals surface area (Å²) in [7, 11) is 0. The highest BCUT2D eigenvalue weighted by atomic mass is 16.3. The van der Waals surface area contributed by atoms with Crippen LogP contribution >= 0.6 is 0 Å². The molecule has 0 heterocycles. The van der Waals surface area contributed by atoms with Crippen LogP contribution in [0, 0.1) is 12.8 Å². The molecule has 1 aromatic rings. The highest BCUT2D eigenvalue weighted by molar-refractivity contribution is 5.96. The molecule has 0 aromatic heterocycles. The summed E-state index contributed by atoms with van der Waals surface area (Å²) in [5.41, 5.74) is 2.09. The van der Waals surface area contributed by atoms with E-state index in [2.05, 4.69) is 10.6 Å². The minimum atomic E-state index is -0.357. The molecule has 0 bridgehead atoms. The lowest BCUT2D eigenvalue weighted by atomic mass is 10.0. The minimum absolute atomic E-state index is 0.000722. The van der Waals surface area contributed by atoms with Crippen molar-refractivity contribution in [2.45, 2.75) is 40.2 Å². The number of Topliss-reactive ketones (excluding diaryl/α,β-unsaturated/α-hetero) is 1. The summed E-state index contributed by atoms with van der Waals surface area (Å²) in [5.74, 6) is 0.389. The number of hydrogen-bond acceptors (Lipinski definition) is 3. The quantitative estimate of drug-likeness (QED) is 0.705. The summed E-state index contributed by atoms with van der Waals surface area (Å²) < 4.78 is 0. The van der Waals surface area contributed by atoms with E-state index < -0.39 is 0 Å². The van der Waals surface area contributed by atoms with Crippen LogP contribution in [0.15, 0.2) is 18.2 Å². The number of urea groups is 1. The molecule has 0 aliphatic heterocycles. The fourth-order valence-electron chi connectivity index (χ4n) is 2.24. The lowest BCUT2D eigenvalue weighted by Crippen LogP contribution is -2.41. The maximum Gasteiger partial charge on any atom is 0.319 e. The van der Waals surface area contributed by atoms with E-state index in [1.54, 1.807) is 18.2 Å². The number of nitrogens with one attached hydrogen (secondary N) is 2. The average Bonchev–Trinajstić information content (AvgIpc) is 2.36. The number of anilines is 1. The van der Waals surface area contributed by atoms with Gasteiger partial charge in [0.05, 0.1) is 12.6 Å². The lowest BCUT2D eigenvalue weighted by molar-refractivity contribution is 0.101. The van der Waals surface area contributed by atoms with Crippen LogP contribution in [0.1, 0.15) is 43.1 Å². The number of aryl methyl sites for hydroxylation is 1. The molecule has 1 unspecified atom stereocenters. The highest BCUT2D eigenvalue weighted by Crippen LogP contribution is 2.15. The van der Waals surface area contributed by atoms with Crippen molar-refractivity contribution in [1.82, 2.24) is 5.32 Å². The topological polar surface area (TPSA) is 78.4 Å². The number of hydrogen-bond donors (Lipinski definition) is 3. The zero-order valence-corrected chi connectivity index (χ0v) is 13.1. The molecule has 2 amide bonds. The Bertz CT molecular complexity index is 512. The van der Waals surface area contributed by atoms with E-state index in [0.29, 0.717) is 23.6 Å². The second kappa shape index (κ2) is 7.78. The lowest BCUT2D eigenvalue weighted by Gasteiger charge is -2.18. The monoisotopic (exact) mass is 292 g/mol. The first kappa shape index (κ1) is 17.2. The Labute approximate surface area is 125 Å². The molecule has 5 heteroatoms. The third kappa shape index (κ3) is 5.55. The molecule has 1 atom stereocenters. The minimum Gasteiger partial charge on any atom is -0.394 e. The second-order valence-corrected chi connectivity index (χ2v) is 5.69. The Morgan fingerprint density at radius 1 is 1.29 bits per heavy atom. The van der Waals surface area contributed by atoms with Gasteiger partial charge in [0, 0.05) is 11.3 Å². The van der Waals surface area contributed by atoms with Crippen molar-refractivity contribution < 1.29 is 14.7 Å². The largest absolute Gasteiger partial charge is 0.394 e. The molecule has 0 spiro atoms. The zero-order chi connectivity index (χ0) is 16.0. The van der Waals surface area contributed by atoms with Crippen LogP contribution in [-0.4, -0.2) is 29.6 Å². The number of rotatable bonds is 6. The smallest absolute Gasteiger partial charge is 0.319 e. The summed E-state index contributed by atoms with van der Waals surface area (Å²) in [6.07, 6.45) is 0.715. The predicted octanol–water partition coefficient (Wildman–Crippen LogP) is 2.73. The van der Waals surface area contributed by atoms with Gasteiger partial charge < -0.3 is 15.7 Å². The van der Waals surface area contributed by atoms with Crippen molar-refractivity contribution in [2.24, 2.45) is 5.92 Å². The molecule has 116 valence electrons. The Morgan fingerprint density at radius 3 is 2.43 bits per heavy atom. The van der Waals surface area contributed by atoms with E-state index in [0.717, 1.165) is 5.56 Å². The van der Waals surface area contributed by atoms with Crippen molar-refractivity contribution in [3.8, 4) is 0 Å². The Hall–Kier alpha value is -1.88. The van der Waals surface area contributed by atoms with Gasteiger partial charge in [0.2, 0.25) is 0 Å². The Morgan fingerprint density at radius 2 is 1.95 bits per heavy atom. The number of carbonyl (C=O) groups excluding carboxylic acids is 2. The molecule has 0 saturated carbocycles. The van der Waals surface area contributed by atoms with Gasteiger partial charge in [0.15, 0.2) is 5.78 Å². The molecule has 0 saturated heterocycles. The van der Waals surface area contributed by atoms with Crippen LogP contribution < -0.4 is 10.6 Å². The van der Waals surface area contributed by atoms with Crippen LogP contribution in [0.4, 0.5) is 10.5 Å². The van der Waals surface area contributed by atoms with E-state index in [9.17, 15) is 14.7 Å². The summed E-state index contributed by atoms with van der Waals surface area (Å²) in [6, 6.07) is 4.53. The SMILES string of the molecule is CC(=O)c1ccc(NC(=O)NC(CO)CC(C)C)cc1C. The van der Waals surface area contributed by atoms with Gasteiger partial charge in [-0.15, -0.1) is 0 Å².